The highest BCUT2D eigenvalue weighted by molar-refractivity contribution is 5.26. The lowest BCUT2D eigenvalue weighted by molar-refractivity contribution is -0.137. The van der Waals surface area contributed by atoms with Crippen molar-refractivity contribution >= 4 is 0 Å². The number of nitrogens with two attached hydrogens (primary N) is 1. The van der Waals surface area contributed by atoms with Crippen molar-refractivity contribution in [1.82, 2.24) is 5.43 Å². The Kier molecular flexibility index (Phi) is 5.05. The lowest BCUT2D eigenvalue weighted by atomic mass is 9.83. The number of hydrazine groups is 1. The molecule has 1 aliphatic rings. The zero-order chi connectivity index (χ0) is 14.6. The van der Waals surface area contributed by atoms with Gasteiger partial charge in [-0.25, -0.2) is 0 Å². The van der Waals surface area contributed by atoms with Gasteiger partial charge < -0.3 is 0 Å². The lowest BCUT2D eigenvalue weighted by Crippen LogP contribution is -2.30. The fourth-order valence-electron chi connectivity index (χ4n) is 2.96. The quantitative estimate of drug-likeness (QED) is 0.643. The Morgan fingerprint density at radius 1 is 1.10 bits per heavy atom. The highest BCUT2D eigenvalue weighted by Gasteiger charge is 2.30. The SMILES string of the molecule is NNC(CC1CCCCC1)c1ccc(C(F)(F)F)cc1. The molecule has 1 aromatic carbocycles. The molecular weight excluding hydrogens is 265 g/mol. The molecule has 20 heavy (non-hydrogen) atoms. The maximum absolute atomic E-state index is 12.5. The van der Waals surface area contributed by atoms with Gasteiger partial charge in [0.05, 0.1) is 5.56 Å². The van der Waals surface area contributed by atoms with Crippen LogP contribution in [0.1, 0.15) is 55.7 Å². The molecule has 0 aromatic heterocycles. The van der Waals surface area contributed by atoms with Crippen LogP contribution in [-0.4, -0.2) is 0 Å². The van der Waals surface area contributed by atoms with Gasteiger partial charge in [-0.2, -0.15) is 13.2 Å². The van der Waals surface area contributed by atoms with Crippen LogP contribution in [0.5, 0.6) is 0 Å². The molecule has 1 atom stereocenters. The van der Waals surface area contributed by atoms with Crippen molar-refractivity contribution in [2.45, 2.75) is 50.7 Å². The van der Waals surface area contributed by atoms with Gasteiger partial charge in [-0.15, -0.1) is 0 Å². The second kappa shape index (κ2) is 6.59. The van der Waals surface area contributed by atoms with E-state index >= 15 is 0 Å². The monoisotopic (exact) mass is 286 g/mol. The maximum atomic E-state index is 12.5. The molecule has 1 fully saturated rings. The van der Waals surface area contributed by atoms with Crippen molar-refractivity contribution < 1.29 is 13.2 Å². The normalized spacial score (nSPS) is 19.0. The van der Waals surface area contributed by atoms with E-state index in [9.17, 15) is 13.2 Å². The number of hydrogen-bond donors (Lipinski definition) is 2. The van der Waals surface area contributed by atoms with Crippen LogP contribution < -0.4 is 11.3 Å². The van der Waals surface area contributed by atoms with Crippen LogP contribution in [0.25, 0.3) is 0 Å². The molecule has 0 spiro atoms. The smallest absolute Gasteiger partial charge is 0.271 e. The molecule has 0 amide bonds. The lowest BCUT2D eigenvalue weighted by Gasteiger charge is -2.26. The minimum Gasteiger partial charge on any atom is -0.271 e. The number of hydrogen-bond acceptors (Lipinski definition) is 2. The van der Waals surface area contributed by atoms with Gasteiger partial charge in [0.2, 0.25) is 0 Å². The van der Waals surface area contributed by atoms with Crippen LogP contribution in [0.2, 0.25) is 0 Å². The minimum atomic E-state index is -4.28. The van der Waals surface area contributed by atoms with E-state index in [0.717, 1.165) is 24.1 Å². The summed E-state index contributed by atoms with van der Waals surface area (Å²) >= 11 is 0. The molecule has 1 unspecified atom stereocenters. The van der Waals surface area contributed by atoms with Gasteiger partial charge in [0.15, 0.2) is 0 Å². The van der Waals surface area contributed by atoms with Gasteiger partial charge in [-0.05, 0) is 30.0 Å². The second-order valence-electron chi connectivity index (χ2n) is 5.58. The number of alkyl halides is 3. The molecule has 112 valence electrons. The van der Waals surface area contributed by atoms with E-state index in [2.05, 4.69) is 5.43 Å². The molecule has 0 radical (unpaired) electrons. The molecule has 2 rings (SSSR count). The average molecular weight is 286 g/mol. The molecule has 1 aliphatic carbocycles. The summed E-state index contributed by atoms with van der Waals surface area (Å²) in [7, 11) is 0. The Morgan fingerprint density at radius 2 is 1.70 bits per heavy atom. The zero-order valence-corrected chi connectivity index (χ0v) is 11.4. The molecule has 0 saturated heterocycles. The topological polar surface area (TPSA) is 38.0 Å². The summed E-state index contributed by atoms with van der Waals surface area (Å²) in [5.74, 6) is 6.19. The van der Waals surface area contributed by atoms with E-state index in [1.807, 2.05) is 0 Å². The van der Waals surface area contributed by atoms with Gasteiger partial charge in [0.25, 0.3) is 0 Å². The first-order chi connectivity index (χ1) is 9.50. The largest absolute Gasteiger partial charge is 0.416 e. The summed E-state index contributed by atoms with van der Waals surface area (Å²) in [5.41, 5.74) is 2.95. The van der Waals surface area contributed by atoms with Crippen LogP contribution in [-0.2, 0) is 6.18 Å². The van der Waals surface area contributed by atoms with Crippen LogP contribution >= 0.6 is 0 Å². The van der Waals surface area contributed by atoms with E-state index in [1.165, 1.54) is 44.2 Å². The number of nitrogens with one attached hydrogen (secondary N) is 1. The van der Waals surface area contributed by atoms with E-state index in [0.29, 0.717) is 5.92 Å². The first kappa shape index (κ1) is 15.3. The third kappa shape index (κ3) is 3.96. The standard InChI is InChI=1S/C15H21F3N2/c16-15(17,18)13-8-6-12(7-9-13)14(20-19)10-11-4-2-1-3-5-11/h6-9,11,14,20H,1-5,10,19H2. The first-order valence-corrected chi connectivity index (χ1v) is 7.14. The van der Waals surface area contributed by atoms with E-state index in [-0.39, 0.29) is 6.04 Å². The van der Waals surface area contributed by atoms with E-state index in [1.54, 1.807) is 0 Å². The Labute approximate surface area is 117 Å². The van der Waals surface area contributed by atoms with E-state index in [4.69, 9.17) is 5.84 Å². The summed E-state index contributed by atoms with van der Waals surface area (Å²) in [5, 5.41) is 0. The van der Waals surface area contributed by atoms with Gasteiger partial charge in [0, 0.05) is 6.04 Å². The number of rotatable bonds is 4. The fraction of sp³-hybridized carbons (Fsp3) is 0.600. The van der Waals surface area contributed by atoms with Crippen molar-refractivity contribution in [1.29, 1.82) is 0 Å². The molecule has 2 nitrogen and oxygen atoms in total. The molecule has 5 heteroatoms. The molecule has 1 saturated carbocycles. The Hall–Kier alpha value is -1.07. The van der Waals surface area contributed by atoms with Crippen molar-refractivity contribution in [2.24, 2.45) is 11.8 Å². The molecule has 0 aliphatic heterocycles. The molecule has 3 N–H and O–H groups in total. The minimum absolute atomic E-state index is 0.0691. The van der Waals surface area contributed by atoms with Crippen LogP contribution in [0.3, 0.4) is 0 Å². The fourth-order valence-corrected chi connectivity index (χ4v) is 2.96. The maximum Gasteiger partial charge on any atom is 0.416 e. The molecular formula is C15H21F3N2. The number of benzene rings is 1. The third-order valence-corrected chi connectivity index (χ3v) is 4.14. The van der Waals surface area contributed by atoms with Gasteiger partial charge in [0.1, 0.15) is 0 Å². The van der Waals surface area contributed by atoms with E-state index < -0.39 is 11.7 Å². The van der Waals surface area contributed by atoms with Crippen LogP contribution in [0.4, 0.5) is 13.2 Å². The molecule has 1 aromatic rings. The van der Waals surface area contributed by atoms with Crippen molar-refractivity contribution in [3.8, 4) is 0 Å². The molecule has 0 bridgehead atoms. The van der Waals surface area contributed by atoms with Crippen molar-refractivity contribution in [3.05, 3.63) is 35.4 Å². The first-order valence-electron chi connectivity index (χ1n) is 7.14. The summed E-state index contributed by atoms with van der Waals surface area (Å²) in [6.45, 7) is 0. The van der Waals surface area contributed by atoms with Gasteiger partial charge in [-0.3, -0.25) is 11.3 Å². The Balaban J connectivity index is 2.03. The van der Waals surface area contributed by atoms with Gasteiger partial charge >= 0.3 is 6.18 Å². The summed E-state index contributed by atoms with van der Waals surface area (Å²) in [6.07, 6.45) is 2.77. The predicted molar refractivity (Wildman–Crippen MR) is 72.7 cm³/mol. The molecule has 0 heterocycles. The zero-order valence-electron chi connectivity index (χ0n) is 11.4. The summed E-state index contributed by atoms with van der Waals surface area (Å²) < 4.78 is 37.6. The second-order valence-corrected chi connectivity index (χ2v) is 5.58. The third-order valence-electron chi connectivity index (χ3n) is 4.14. The average Bonchev–Trinajstić information content (AvgIpc) is 2.45. The van der Waals surface area contributed by atoms with Crippen molar-refractivity contribution in [2.75, 3.05) is 0 Å². The van der Waals surface area contributed by atoms with Crippen molar-refractivity contribution in [3.63, 3.8) is 0 Å². The van der Waals surface area contributed by atoms with Crippen LogP contribution in [0.15, 0.2) is 24.3 Å². The predicted octanol–water partition coefficient (Wildman–Crippen LogP) is 4.18. The van der Waals surface area contributed by atoms with Gasteiger partial charge in [-0.1, -0.05) is 44.2 Å². The number of halogens is 3. The van der Waals surface area contributed by atoms with Crippen LogP contribution in [0, 0.1) is 5.92 Å². The highest BCUT2D eigenvalue weighted by atomic mass is 19.4. The Morgan fingerprint density at radius 3 is 2.20 bits per heavy atom. The summed E-state index contributed by atoms with van der Waals surface area (Å²) in [4.78, 5) is 0. The highest BCUT2D eigenvalue weighted by Crippen LogP contribution is 2.33. The summed E-state index contributed by atoms with van der Waals surface area (Å²) in [6, 6.07) is 5.23. The Bertz CT molecular complexity index is 408.